The Morgan fingerprint density at radius 2 is 2.10 bits per heavy atom. The molecule has 1 aliphatic heterocycles. The van der Waals surface area contributed by atoms with Crippen molar-refractivity contribution in [2.75, 3.05) is 6.61 Å². The summed E-state index contributed by atoms with van der Waals surface area (Å²) < 4.78 is 37.5. The monoisotopic (exact) mass is 443 g/mol. The summed E-state index contributed by atoms with van der Waals surface area (Å²) in [6, 6.07) is 11.4. The summed E-state index contributed by atoms with van der Waals surface area (Å²) in [7, 11) is 1.74. The fraction of sp³-hybridized carbons (Fsp3) is 0.304. The number of carbonyl (C=O) groups excluding carboxylic acids is 1. The van der Waals surface area contributed by atoms with Crippen molar-refractivity contribution in [3.8, 4) is 11.3 Å². The van der Waals surface area contributed by atoms with Crippen LogP contribution in [0.2, 0.25) is 0 Å². The predicted molar refractivity (Wildman–Crippen MR) is 115 cm³/mol. The molecule has 8 heteroatoms. The number of hydrogen-bond donors (Lipinski definition) is 1. The Balaban J connectivity index is 1.67. The van der Waals surface area contributed by atoms with Gasteiger partial charge in [0.05, 0.1) is 17.2 Å². The van der Waals surface area contributed by atoms with E-state index in [2.05, 4.69) is 5.10 Å². The number of halogens is 2. The molecule has 3 aromatic rings. The number of hydrogen-bond acceptors (Lipinski definition) is 4. The van der Waals surface area contributed by atoms with Gasteiger partial charge in [0.15, 0.2) is 0 Å². The zero-order valence-corrected chi connectivity index (χ0v) is 18.1. The number of nitrogens with zero attached hydrogens (tertiary/aromatic N) is 2. The second kappa shape index (κ2) is 8.43. The molecule has 2 aromatic carbocycles. The molecule has 1 amide bonds. The van der Waals surface area contributed by atoms with Crippen LogP contribution in [-0.4, -0.2) is 28.4 Å². The molecule has 0 aliphatic carbocycles. The Hall–Kier alpha value is -2.71. The molecule has 0 radical (unpaired) electrons. The van der Waals surface area contributed by atoms with Gasteiger partial charge in [0.25, 0.3) is 0 Å². The lowest BCUT2D eigenvalue weighted by Gasteiger charge is -2.38. The normalized spacial score (nSPS) is 21.2. The molecule has 1 saturated heterocycles. The Kier molecular flexibility index (Phi) is 5.85. The highest BCUT2D eigenvalue weighted by atomic mass is 32.2. The maximum atomic E-state index is 15.6. The predicted octanol–water partition coefficient (Wildman–Crippen LogP) is 4.44. The highest BCUT2D eigenvalue weighted by Crippen LogP contribution is 2.42. The summed E-state index contributed by atoms with van der Waals surface area (Å²) in [6.07, 6.45) is 2.04. The number of carbonyl (C=O) groups is 1. The first-order valence-electron chi connectivity index (χ1n) is 9.98. The quantitative estimate of drug-likeness (QED) is 0.633. The molecule has 4 rings (SSSR count). The van der Waals surface area contributed by atoms with Crippen LogP contribution in [-0.2, 0) is 22.0 Å². The maximum absolute atomic E-state index is 15.6. The zero-order chi connectivity index (χ0) is 22.2. The summed E-state index contributed by atoms with van der Waals surface area (Å²) in [6.45, 7) is 2.18. The number of aryl methyl sites for hydroxylation is 1. The van der Waals surface area contributed by atoms with E-state index in [9.17, 15) is 9.18 Å². The van der Waals surface area contributed by atoms with E-state index in [1.165, 1.54) is 6.07 Å². The van der Waals surface area contributed by atoms with Crippen molar-refractivity contribution in [2.24, 2.45) is 12.8 Å². The first-order valence-corrected chi connectivity index (χ1v) is 10.8. The summed E-state index contributed by atoms with van der Waals surface area (Å²) in [4.78, 5) is 13.3. The number of rotatable bonds is 5. The molecular formula is C23H23F2N3O2S. The van der Waals surface area contributed by atoms with Crippen LogP contribution in [0.5, 0.6) is 0 Å². The van der Waals surface area contributed by atoms with Crippen molar-refractivity contribution in [1.29, 1.82) is 0 Å². The van der Waals surface area contributed by atoms with Gasteiger partial charge in [-0.1, -0.05) is 23.9 Å². The van der Waals surface area contributed by atoms with Crippen molar-refractivity contribution < 1.29 is 18.3 Å². The Morgan fingerprint density at radius 3 is 2.74 bits per heavy atom. The van der Waals surface area contributed by atoms with Gasteiger partial charge in [-0.25, -0.2) is 8.78 Å². The number of ether oxygens (including phenoxy) is 1. The molecule has 2 atom stereocenters. The van der Waals surface area contributed by atoms with Crippen LogP contribution in [0.4, 0.5) is 8.78 Å². The highest BCUT2D eigenvalue weighted by Gasteiger charge is 2.44. The molecule has 5 nitrogen and oxygen atoms in total. The molecule has 2 heterocycles. The van der Waals surface area contributed by atoms with E-state index in [1.54, 1.807) is 54.3 Å². The van der Waals surface area contributed by atoms with E-state index >= 15 is 4.39 Å². The maximum Gasteiger partial charge on any atom is 0.228 e. The number of aromatic nitrogens is 2. The van der Waals surface area contributed by atoms with Crippen LogP contribution in [0.25, 0.3) is 11.3 Å². The first kappa shape index (κ1) is 21.5. The van der Waals surface area contributed by atoms with Gasteiger partial charge in [-0.15, -0.1) is 0 Å². The lowest BCUT2D eigenvalue weighted by atomic mass is 9.71. The van der Waals surface area contributed by atoms with Crippen LogP contribution < -0.4 is 5.73 Å². The van der Waals surface area contributed by atoms with E-state index in [0.29, 0.717) is 40.5 Å². The minimum absolute atomic E-state index is 0.203. The summed E-state index contributed by atoms with van der Waals surface area (Å²) in [5.41, 5.74) is 5.96. The summed E-state index contributed by atoms with van der Waals surface area (Å²) in [5, 5.41) is 4.06. The standard InChI is InChI=1S/C23H23F2N3O2S/c1-14-13-23(22(26)29,9-11-30-14)17-4-3-5-20(21(17)25)31-15-6-7-16(18(24)12-15)19-8-10-27-28(19)2/h3-8,10,12,14H,9,11,13H2,1-2H3,(H2,26,29)/t14-,23+/m0/s1. The molecule has 2 N–H and O–H groups in total. The Morgan fingerprint density at radius 1 is 1.29 bits per heavy atom. The number of amides is 1. The molecule has 0 spiro atoms. The fourth-order valence-electron chi connectivity index (χ4n) is 4.18. The topological polar surface area (TPSA) is 70.1 Å². The van der Waals surface area contributed by atoms with E-state index in [1.807, 2.05) is 6.92 Å². The van der Waals surface area contributed by atoms with Gasteiger partial charge in [0.2, 0.25) is 5.91 Å². The first-order chi connectivity index (χ1) is 14.8. The summed E-state index contributed by atoms with van der Waals surface area (Å²) >= 11 is 1.11. The zero-order valence-electron chi connectivity index (χ0n) is 17.3. The van der Waals surface area contributed by atoms with Crippen molar-refractivity contribution >= 4 is 17.7 Å². The average Bonchev–Trinajstić information content (AvgIpc) is 3.15. The van der Waals surface area contributed by atoms with Crippen molar-refractivity contribution in [2.45, 2.75) is 41.1 Å². The van der Waals surface area contributed by atoms with Gasteiger partial charge in [-0.3, -0.25) is 9.48 Å². The molecule has 162 valence electrons. The largest absolute Gasteiger partial charge is 0.378 e. The van der Waals surface area contributed by atoms with E-state index in [-0.39, 0.29) is 11.7 Å². The molecule has 0 bridgehead atoms. The Labute approximate surface area is 183 Å². The van der Waals surface area contributed by atoms with Crippen LogP contribution in [0.3, 0.4) is 0 Å². The number of nitrogens with two attached hydrogens (primary N) is 1. The van der Waals surface area contributed by atoms with E-state index in [0.717, 1.165) is 11.8 Å². The number of benzene rings is 2. The minimum atomic E-state index is -1.12. The van der Waals surface area contributed by atoms with Crippen LogP contribution >= 0.6 is 11.8 Å². The molecule has 31 heavy (non-hydrogen) atoms. The Bertz CT molecular complexity index is 1130. The van der Waals surface area contributed by atoms with Gasteiger partial charge < -0.3 is 10.5 Å². The van der Waals surface area contributed by atoms with Gasteiger partial charge in [-0.2, -0.15) is 5.10 Å². The molecular weight excluding hydrogens is 420 g/mol. The third-order valence-corrected chi connectivity index (χ3v) is 6.81. The van der Waals surface area contributed by atoms with Crippen molar-refractivity contribution in [1.82, 2.24) is 9.78 Å². The average molecular weight is 444 g/mol. The van der Waals surface area contributed by atoms with Gasteiger partial charge in [0, 0.05) is 40.8 Å². The molecule has 1 aliphatic rings. The van der Waals surface area contributed by atoms with Gasteiger partial charge in [0.1, 0.15) is 11.6 Å². The minimum Gasteiger partial charge on any atom is -0.378 e. The smallest absolute Gasteiger partial charge is 0.228 e. The SMILES string of the molecule is C[C@H]1C[C@@](C(N)=O)(c2cccc(Sc3ccc(-c4ccnn4C)c(F)c3)c2F)CCO1. The second-order valence-corrected chi connectivity index (χ2v) is 8.90. The van der Waals surface area contributed by atoms with E-state index in [4.69, 9.17) is 10.5 Å². The fourth-order valence-corrected chi connectivity index (χ4v) is 5.08. The van der Waals surface area contributed by atoms with Gasteiger partial charge in [-0.05, 0) is 50.1 Å². The lowest BCUT2D eigenvalue weighted by molar-refractivity contribution is -0.129. The third-order valence-electron chi connectivity index (χ3n) is 5.78. The second-order valence-electron chi connectivity index (χ2n) is 7.78. The van der Waals surface area contributed by atoms with Crippen molar-refractivity contribution in [3.05, 3.63) is 65.9 Å². The number of primary amides is 1. The molecule has 0 unspecified atom stereocenters. The lowest BCUT2D eigenvalue weighted by Crippen LogP contribution is -2.48. The van der Waals surface area contributed by atoms with Crippen LogP contribution in [0.1, 0.15) is 25.3 Å². The van der Waals surface area contributed by atoms with Crippen LogP contribution in [0.15, 0.2) is 58.5 Å². The van der Waals surface area contributed by atoms with Crippen molar-refractivity contribution in [3.63, 3.8) is 0 Å². The van der Waals surface area contributed by atoms with Crippen LogP contribution in [0, 0.1) is 11.6 Å². The third kappa shape index (κ3) is 3.97. The highest BCUT2D eigenvalue weighted by molar-refractivity contribution is 7.99. The summed E-state index contributed by atoms with van der Waals surface area (Å²) in [5.74, 6) is -1.48. The van der Waals surface area contributed by atoms with E-state index < -0.39 is 23.0 Å². The van der Waals surface area contributed by atoms with Gasteiger partial charge >= 0.3 is 0 Å². The molecule has 0 saturated carbocycles. The molecule has 1 fully saturated rings. The molecule has 1 aromatic heterocycles.